The molecule has 4 nitrogen and oxygen atoms in total. The van der Waals surface area contributed by atoms with Crippen LogP contribution in [0.4, 0.5) is 4.79 Å². The van der Waals surface area contributed by atoms with Crippen LogP contribution in [-0.2, 0) is 0 Å². The van der Waals surface area contributed by atoms with E-state index in [9.17, 15) is 4.79 Å². The van der Waals surface area contributed by atoms with E-state index in [1.54, 1.807) is 0 Å². The number of rotatable bonds is 7. The van der Waals surface area contributed by atoms with Crippen LogP contribution in [-0.4, -0.2) is 30.3 Å². The molecule has 3 N–H and O–H groups in total. The topological polar surface area (TPSA) is 61.4 Å². The van der Waals surface area contributed by atoms with E-state index < -0.39 is 0 Å². The van der Waals surface area contributed by atoms with Crippen LogP contribution >= 0.6 is 0 Å². The molecule has 1 aliphatic carbocycles. The van der Waals surface area contributed by atoms with Gasteiger partial charge in [-0.2, -0.15) is 0 Å². The van der Waals surface area contributed by atoms with E-state index in [0.29, 0.717) is 12.3 Å². The molecule has 1 fully saturated rings. The van der Waals surface area contributed by atoms with Gasteiger partial charge in [-0.05, 0) is 31.6 Å². The molecule has 1 rings (SSSR count). The van der Waals surface area contributed by atoms with Crippen molar-refractivity contribution in [2.75, 3.05) is 13.2 Å². The molecule has 0 spiro atoms. The van der Waals surface area contributed by atoms with Crippen LogP contribution in [0.2, 0.25) is 0 Å². The van der Waals surface area contributed by atoms with Crippen molar-refractivity contribution in [1.82, 2.24) is 10.6 Å². The van der Waals surface area contributed by atoms with Crippen LogP contribution in [0.3, 0.4) is 0 Å². The van der Waals surface area contributed by atoms with E-state index >= 15 is 0 Å². The Hall–Kier alpha value is -0.770. The summed E-state index contributed by atoms with van der Waals surface area (Å²) in [5.41, 5.74) is 0. The predicted molar refractivity (Wildman–Crippen MR) is 59.7 cm³/mol. The van der Waals surface area contributed by atoms with Gasteiger partial charge in [-0.3, -0.25) is 0 Å². The Kier molecular flexibility index (Phi) is 5.47. The van der Waals surface area contributed by atoms with Gasteiger partial charge < -0.3 is 15.7 Å². The van der Waals surface area contributed by atoms with Crippen LogP contribution in [0.25, 0.3) is 0 Å². The summed E-state index contributed by atoms with van der Waals surface area (Å²) in [6, 6.07) is 0.0745. The molecule has 1 aliphatic rings. The molecule has 0 aliphatic heterocycles. The number of carbonyl (C=O) groups is 1. The molecular formula is C11H22N2O2. The van der Waals surface area contributed by atoms with Crippen molar-refractivity contribution >= 4 is 6.03 Å². The van der Waals surface area contributed by atoms with E-state index in [2.05, 4.69) is 17.6 Å². The van der Waals surface area contributed by atoms with Gasteiger partial charge in [0.05, 0.1) is 0 Å². The third-order valence-corrected chi connectivity index (χ3v) is 2.76. The van der Waals surface area contributed by atoms with Gasteiger partial charge in [0.15, 0.2) is 0 Å². The second kappa shape index (κ2) is 6.67. The van der Waals surface area contributed by atoms with Crippen molar-refractivity contribution in [3.63, 3.8) is 0 Å². The molecule has 4 heteroatoms. The largest absolute Gasteiger partial charge is 0.396 e. The lowest BCUT2D eigenvalue weighted by molar-refractivity contribution is 0.225. The zero-order valence-electron chi connectivity index (χ0n) is 9.46. The maximum atomic E-state index is 11.4. The van der Waals surface area contributed by atoms with Gasteiger partial charge in [-0.1, -0.05) is 13.3 Å². The zero-order valence-corrected chi connectivity index (χ0v) is 9.46. The lowest BCUT2D eigenvalue weighted by atomic mass is 10.1. The molecular weight excluding hydrogens is 192 g/mol. The summed E-state index contributed by atoms with van der Waals surface area (Å²) in [5.74, 6) is 0.592. The summed E-state index contributed by atoms with van der Waals surface area (Å²) >= 11 is 0. The highest BCUT2D eigenvalue weighted by Gasteiger charge is 2.31. The number of hydrogen-bond donors (Lipinski definition) is 3. The SMILES string of the molecule is CCCCNC(=O)N[C@H](CCO)C1CC1. The molecule has 88 valence electrons. The summed E-state index contributed by atoms with van der Waals surface area (Å²) in [6.07, 6.45) is 5.14. The quantitative estimate of drug-likeness (QED) is 0.558. The minimum Gasteiger partial charge on any atom is -0.396 e. The third kappa shape index (κ3) is 5.02. The first-order chi connectivity index (χ1) is 7.27. The second-order valence-electron chi connectivity index (χ2n) is 4.21. The molecule has 15 heavy (non-hydrogen) atoms. The number of aliphatic hydroxyl groups excluding tert-OH is 1. The van der Waals surface area contributed by atoms with E-state index in [-0.39, 0.29) is 18.7 Å². The minimum absolute atomic E-state index is 0.0891. The molecule has 0 unspecified atom stereocenters. The van der Waals surface area contributed by atoms with Gasteiger partial charge in [0.1, 0.15) is 0 Å². The first kappa shape index (κ1) is 12.3. The highest BCUT2D eigenvalue weighted by atomic mass is 16.3. The highest BCUT2D eigenvalue weighted by Crippen LogP contribution is 2.33. The Balaban J connectivity index is 2.15. The number of hydrogen-bond acceptors (Lipinski definition) is 2. The lowest BCUT2D eigenvalue weighted by Gasteiger charge is -2.17. The van der Waals surface area contributed by atoms with E-state index in [0.717, 1.165) is 19.4 Å². The maximum Gasteiger partial charge on any atom is 0.315 e. The van der Waals surface area contributed by atoms with Gasteiger partial charge >= 0.3 is 6.03 Å². The van der Waals surface area contributed by atoms with Gasteiger partial charge in [-0.15, -0.1) is 0 Å². The molecule has 2 amide bonds. The summed E-state index contributed by atoms with van der Waals surface area (Å²) in [5, 5.41) is 14.6. The Morgan fingerprint density at radius 2 is 2.27 bits per heavy atom. The molecule has 1 saturated carbocycles. The Bertz CT molecular complexity index is 193. The lowest BCUT2D eigenvalue weighted by Crippen LogP contribution is -2.43. The second-order valence-corrected chi connectivity index (χ2v) is 4.21. The smallest absolute Gasteiger partial charge is 0.315 e. The van der Waals surface area contributed by atoms with Crippen LogP contribution < -0.4 is 10.6 Å². The fourth-order valence-electron chi connectivity index (χ4n) is 1.66. The number of nitrogens with one attached hydrogen (secondary N) is 2. The van der Waals surface area contributed by atoms with Crippen LogP contribution in [0.15, 0.2) is 0 Å². The fourth-order valence-corrected chi connectivity index (χ4v) is 1.66. The van der Waals surface area contributed by atoms with E-state index in [4.69, 9.17) is 5.11 Å². The van der Waals surface area contributed by atoms with Crippen molar-refractivity contribution in [2.45, 2.75) is 45.1 Å². The van der Waals surface area contributed by atoms with E-state index in [1.165, 1.54) is 12.8 Å². The Morgan fingerprint density at radius 3 is 2.80 bits per heavy atom. The summed E-state index contributed by atoms with van der Waals surface area (Å²) < 4.78 is 0. The first-order valence-corrected chi connectivity index (χ1v) is 5.93. The summed E-state index contributed by atoms with van der Waals surface area (Å²) in [4.78, 5) is 11.4. The molecule has 0 aromatic carbocycles. The van der Waals surface area contributed by atoms with Crippen molar-refractivity contribution in [1.29, 1.82) is 0 Å². The number of aliphatic hydroxyl groups is 1. The number of carbonyl (C=O) groups excluding carboxylic acids is 1. The average molecular weight is 214 g/mol. The summed E-state index contributed by atoms with van der Waals surface area (Å²) in [7, 11) is 0. The Labute approximate surface area is 91.4 Å². The van der Waals surface area contributed by atoms with Crippen LogP contribution in [0, 0.1) is 5.92 Å². The number of unbranched alkanes of at least 4 members (excludes halogenated alkanes) is 1. The van der Waals surface area contributed by atoms with Crippen molar-refractivity contribution in [3.8, 4) is 0 Å². The maximum absolute atomic E-state index is 11.4. The molecule has 0 heterocycles. The normalized spacial score (nSPS) is 17.2. The minimum atomic E-state index is -0.0891. The molecule has 0 saturated heterocycles. The molecule has 0 bridgehead atoms. The van der Waals surface area contributed by atoms with E-state index in [1.807, 2.05) is 0 Å². The number of urea groups is 1. The monoisotopic (exact) mass is 214 g/mol. The summed E-state index contributed by atoms with van der Waals surface area (Å²) in [6.45, 7) is 2.98. The van der Waals surface area contributed by atoms with Crippen LogP contribution in [0.5, 0.6) is 0 Å². The molecule has 0 aromatic rings. The van der Waals surface area contributed by atoms with Gasteiger partial charge in [-0.25, -0.2) is 4.79 Å². The fraction of sp³-hybridized carbons (Fsp3) is 0.909. The molecule has 0 radical (unpaired) electrons. The third-order valence-electron chi connectivity index (χ3n) is 2.76. The van der Waals surface area contributed by atoms with Gasteiger partial charge in [0.25, 0.3) is 0 Å². The predicted octanol–water partition coefficient (Wildman–Crippen LogP) is 1.25. The first-order valence-electron chi connectivity index (χ1n) is 5.93. The molecule has 0 aromatic heterocycles. The van der Waals surface area contributed by atoms with Crippen molar-refractivity contribution < 1.29 is 9.90 Å². The highest BCUT2D eigenvalue weighted by molar-refractivity contribution is 5.74. The average Bonchev–Trinajstić information content (AvgIpc) is 3.01. The van der Waals surface area contributed by atoms with Crippen LogP contribution in [0.1, 0.15) is 39.0 Å². The van der Waals surface area contributed by atoms with Crippen molar-refractivity contribution in [2.24, 2.45) is 5.92 Å². The Morgan fingerprint density at radius 1 is 1.53 bits per heavy atom. The van der Waals surface area contributed by atoms with Crippen molar-refractivity contribution in [3.05, 3.63) is 0 Å². The molecule has 1 atom stereocenters. The number of amides is 2. The zero-order chi connectivity index (χ0) is 11.1. The standard InChI is InChI=1S/C11H22N2O2/c1-2-3-7-12-11(15)13-10(6-8-14)9-4-5-9/h9-10,14H,2-8H2,1H3,(H2,12,13,15)/t10-/m1/s1. The van der Waals surface area contributed by atoms with Gasteiger partial charge in [0.2, 0.25) is 0 Å². The van der Waals surface area contributed by atoms with Gasteiger partial charge in [0, 0.05) is 19.2 Å².